The van der Waals surface area contributed by atoms with Gasteiger partial charge in [-0.1, -0.05) is 11.6 Å². The van der Waals surface area contributed by atoms with Gasteiger partial charge in [-0.3, -0.25) is 4.79 Å². The summed E-state index contributed by atoms with van der Waals surface area (Å²) < 4.78 is 27.8. The third-order valence-electron chi connectivity index (χ3n) is 4.06. The molecule has 0 aliphatic rings. The lowest BCUT2D eigenvalue weighted by Crippen LogP contribution is -2.24. The maximum Gasteiger partial charge on any atom is 0.251 e. The third kappa shape index (κ3) is 3.54. The van der Waals surface area contributed by atoms with E-state index >= 15 is 0 Å². The molecule has 4 aromatic rings. The highest BCUT2D eigenvalue weighted by atomic mass is 35.5. The Labute approximate surface area is 162 Å². The zero-order valence-corrected chi connectivity index (χ0v) is 15.0. The van der Waals surface area contributed by atoms with Crippen molar-refractivity contribution in [2.24, 2.45) is 0 Å². The lowest BCUT2D eigenvalue weighted by atomic mass is 10.1. The highest BCUT2D eigenvalue weighted by Crippen LogP contribution is 2.18. The highest BCUT2D eigenvalue weighted by Gasteiger charge is 2.12. The van der Waals surface area contributed by atoms with E-state index in [1.165, 1.54) is 28.8 Å². The largest absolute Gasteiger partial charge is 0.345 e. The zero-order chi connectivity index (χ0) is 19.7. The SMILES string of the molecule is O=C(NCc1nnc2ccc(-c3ccc(F)cc3)nn12)c1ccc(F)c(Cl)c1. The minimum atomic E-state index is -0.598. The smallest absolute Gasteiger partial charge is 0.251 e. The molecule has 0 saturated heterocycles. The van der Waals surface area contributed by atoms with Crippen molar-refractivity contribution in [1.29, 1.82) is 0 Å². The maximum absolute atomic E-state index is 13.2. The molecule has 0 aliphatic heterocycles. The maximum atomic E-state index is 13.2. The Morgan fingerprint density at radius 1 is 1.04 bits per heavy atom. The summed E-state index contributed by atoms with van der Waals surface area (Å²) in [5, 5.41) is 15.0. The Morgan fingerprint density at radius 2 is 1.82 bits per heavy atom. The van der Waals surface area contributed by atoms with E-state index < -0.39 is 11.7 Å². The number of halogens is 3. The van der Waals surface area contributed by atoms with Crippen LogP contribution in [-0.4, -0.2) is 25.7 Å². The Balaban J connectivity index is 1.56. The van der Waals surface area contributed by atoms with Crippen molar-refractivity contribution in [3.05, 3.63) is 82.6 Å². The highest BCUT2D eigenvalue weighted by molar-refractivity contribution is 6.31. The molecule has 0 fully saturated rings. The number of carbonyl (C=O) groups excluding carboxylic acids is 1. The van der Waals surface area contributed by atoms with Gasteiger partial charge in [-0.05, 0) is 54.6 Å². The standard InChI is InChI=1S/C19H12ClF2N5O/c20-14-9-12(3-6-15(14)22)19(28)23-10-18-25-24-17-8-7-16(26-27(17)18)11-1-4-13(21)5-2-11/h1-9H,10H2,(H,23,28). The van der Waals surface area contributed by atoms with E-state index in [4.69, 9.17) is 11.6 Å². The van der Waals surface area contributed by atoms with Crippen LogP contribution in [0.15, 0.2) is 54.6 Å². The summed E-state index contributed by atoms with van der Waals surface area (Å²) in [4.78, 5) is 12.3. The van der Waals surface area contributed by atoms with Crippen LogP contribution in [0.4, 0.5) is 8.78 Å². The quantitative estimate of drug-likeness (QED) is 0.568. The number of hydrogen-bond acceptors (Lipinski definition) is 4. The van der Waals surface area contributed by atoms with Gasteiger partial charge in [0.05, 0.1) is 17.3 Å². The van der Waals surface area contributed by atoms with E-state index in [9.17, 15) is 13.6 Å². The Kier molecular flexibility index (Phi) is 4.70. The molecular formula is C19H12ClF2N5O. The molecule has 140 valence electrons. The zero-order valence-electron chi connectivity index (χ0n) is 14.2. The summed E-state index contributed by atoms with van der Waals surface area (Å²) in [7, 11) is 0. The van der Waals surface area contributed by atoms with Crippen molar-refractivity contribution >= 4 is 23.2 Å². The van der Waals surface area contributed by atoms with Crippen molar-refractivity contribution in [2.75, 3.05) is 0 Å². The predicted octanol–water partition coefficient (Wildman–Crippen LogP) is 3.65. The van der Waals surface area contributed by atoms with Gasteiger partial charge in [-0.25, -0.2) is 8.78 Å². The van der Waals surface area contributed by atoms with Crippen molar-refractivity contribution in [2.45, 2.75) is 6.54 Å². The fourth-order valence-electron chi connectivity index (χ4n) is 2.62. The van der Waals surface area contributed by atoms with Crippen LogP contribution in [0.1, 0.15) is 16.2 Å². The van der Waals surface area contributed by atoms with Crippen LogP contribution in [0, 0.1) is 11.6 Å². The van der Waals surface area contributed by atoms with Gasteiger partial charge in [0.2, 0.25) is 0 Å². The van der Waals surface area contributed by atoms with E-state index in [0.29, 0.717) is 17.2 Å². The van der Waals surface area contributed by atoms with Crippen molar-refractivity contribution in [3.63, 3.8) is 0 Å². The molecule has 0 aliphatic carbocycles. The lowest BCUT2D eigenvalue weighted by molar-refractivity contribution is 0.0949. The molecule has 1 N–H and O–H groups in total. The minimum Gasteiger partial charge on any atom is -0.345 e. The molecule has 0 radical (unpaired) electrons. The summed E-state index contributed by atoms with van der Waals surface area (Å²) in [5.74, 6) is -0.966. The van der Waals surface area contributed by atoms with Crippen LogP contribution in [0.25, 0.3) is 16.9 Å². The number of benzene rings is 2. The summed E-state index contributed by atoms with van der Waals surface area (Å²) in [6.07, 6.45) is 0. The first kappa shape index (κ1) is 18.0. The number of aromatic nitrogens is 4. The van der Waals surface area contributed by atoms with E-state index in [2.05, 4.69) is 20.6 Å². The van der Waals surface area contributed by atoms with Crippen molar-refractivity contribution in [1.82, 2.24) is 25.1 Å². The molecule has 0 unspecified atom stereocenters. The monoisotopic (exact) mass is 399 g/mol. The fourth-order valence-corrected chi connectivity index (χ4v) is 2.80. The normalized spacial score (nSPS) is 11.0. The fraction of sp³-hybridized carbons (Fsp3) is 0.0526. The molecule has 0 spiro atoms. The second-order valence-electron chi connectivity index (χ2n) is 5.92. The van der Waals surface area contributed by atoms with Crippen molar-refractivity contribution in [3.8, 4) is 11.3 Å². The molecule has 6 nitrogen and oxygen atoms in total. The van der Waals surface area contributed by atoms with E-state index in [1.807, 2.05) is 0 Å². The first-order valence-electron chi connectivity index (χ1n) is 8.22. The number of carbonyl (C=O) groups is 1. The van der Waals surface area contributed by atoms with Crippen LogP contribution in [0.2, 0.25) is 5.02 Å². The predicted molar refractivity (Wildman–Crippen MR) is 98.8 cm³/mol. The molecule has 2 aromatic carbocycles. The number of fused-ring (bicyclic) bond motifs is 1. The Morgan fingerprint density at radius 3 is 2.57 bits per heavy atom. The van der Waals surface area contributed by atoms with Gasteiger partial charge in [0, 0.05) is 11.1 Å². The molecule has 28 heavy (non-hydrogen) atoms. The molecule has 1 amide bonds. The Bertz CT molecular complexity index is 1180. The average Bonchev–Trinajstić information content (AvgIpc) is 3.11. The van der Waals surface area contributed by atoms with Gasteiger partial charge in [0.1, 0.15) is 11.6 Å². The minimum absolute atomic E-state index is 0.0505. The van der Waals surface area contributed by atoms with Crippen LogP contribution in [0.5, 0.6) is 0 Å². The van der Waals surface area contributed by atoms with E-state index in [-0.39, 0.29) is 22.9 Å². The summed E-state index contributed by atoms with van der Waals surface area (Å²) >= 11 is 5.71. The van der Waals surface area contributed by atoms with E-state index in [0.717, 1.165) is 11.6 Å². The lowest BCUT2D eigenvalue weighted by Gasteiger charge is -2.06. The van der Waals surface area contributed by atoms with Crippen LogP contribution in [-0.2, 0) is 6.54 Å². The second-order valence-corrected chi connectivity index (χ2v) is 6.33. The molecule has 2 aromatic heterocycles. The van der Waals surface area contributed by atoms with Gasteiger partial charge in [0.25, 0.3) is 5.91 Å². The van der Waals surface area contributed by atoms with Gasteiger partial charge in [0.15, 0.2) is 11.5 Å². The molecule has 4 rings (SSSR count). The Hall–Kier alpha value is -3.39. The number of amides is 1. The van der Waals surface area contributed by atoms with Gasteiger partial charge in [-0.2, -0.15) is 9.61 Å². The first-order chi connectivity index (χ1) is 13.5. The summed E-state index contributed by atoms with van der Waals surface area (Å²) in [6.45, 7) is 0.0505. The third-order valence-corrected chi connectivity index (χ3v) is 4.35. The first-order valence-corrected chi connectivity index (χ1v) is 8.59. The summed E-state index contributed by atoms with van der Waals surface area (Å²) in [6, 6.07) is 13.1. The molecule has 0 atom stereocenters. The molecule has 0 saturated carbocycles. The van der Waals surface area contributed by atoms with Gasteiger partial charge < -0.3 is 5.32 Å². The van der Waals surface area contributed by atoms with Gasteiger partial charge >= 0.3 is 0 Å². The topological polar surface area (TPSA) is 72.2 Å². The number of rotatable bonds is 4. The molecule has 2 heterocycles. The number of hydrogen-bond donors (Lipinski definition) is 1. The molecule has 9 heteroatoms. The van der Waals surface area contributed by atoms with Crippen molar-refractivity contribution < 1.29 is 13.6 Å². The van der Waals surface area contributed by atoms with Gasteiger partial charge in [-0.15, -0.1) is 10.2 Å². The number of nitrogens with one attached hydrogen (secondary N) is 1. The molecular weight excluding hydrogens is 388 g/mol. The number of nitrogens with zero attached hydrogens (tertiary/aromatic N) is 4. The van der Waals surface area contributed by atoms with Crippen LogP contribution in [0.3, 0.4) is 0 Å². The molecule has 0 bridgehead atoms. The second kappa shape index (κ2) is 7.32. The van der Waals surface area contributed by atoms with Crippen LogP contribution < -0.4 is 5.32 Å². The van der Waals surface area contributed by atoms with Crippen LogP contribution >= 0.6 is 11.6 Å². The van der Waals surface area contributed by atoms with E-state index in [1.54, 1.807) is 24.3 Å². The summed E-state index contributed by atoms with van der Waals surface area (Å²) in [5.41, 5.74) is 2.05. The average molecular weight is 400 g/mol.